The summed E-state index contributed by atoms with van der Waals surface area (Å²) in [5.74, 6) is -0.0131. The maximum atomic E-state index is 5.84. The molecule has 1 aliphatic rings. The third-order valence-corrected chi connectivity index (χ3v) is 3.12. The smallest absolute Gasteiger partial charge is 0.399 e. The minimum absolute atomic E-state index is 0.0131. The lowest BCUT2D eigenvalue weighted by Gasteiger charge is -2.32. The zero-order valence-electron chi connectivity index (χ0n) is 10.9. The quantitative estimate of drug-likeness (QED) is 0.331. The number of allylic oxidation sites excluding steroid dienone is 2. The molecule has 5 nitrogen and oxygen atoms in total. The zero-order chi connectivity index (χ0) is 13.3. The van der Waals surface area contributed by atoms with Gasteiger partial charge in [-0.3, -0.25) is 0 Å². The summed E-state index contributed by atoms with van der Waals surface area (Å²) in [7, 11) is -0.499. The van der Waals surface area contributed by atoms with E-state index >= 15 is 0 Å². The van der Waals surface area contributed by atoms with Crippen LogP contribution in [0, 0.1) is 0 Å². The van der Waals surface area contributed by atoms with Gasteiger partial charge in [0.1, 0.15) is 0 Å². The van der Waals surface area contributed by atoms with E-state index in [-0.39, 0.29) is 5.96 Å². The Hall–Kier alpha value is -1.27. The summed E-state index contributed by atoms with van der Waals surface area (Å²) in [6, 6.07) is 0. The number of nitrogens with zero attached hydrogens (tertiary/aromatic N) is 1. The van der Waals surface area contributed by atoms with Crippen molar-refractivity contribution in [3.63, 3.8) is 0 Å². The molecule has 6 heteroatoms. The van der Waals surface area contributed by atoms with Gasteiger partial charge in [-0.05, 0) is 27.7 Å². The van der Waals surface area contributed by atoms with Crippen molar-refractivity contribution in [2.24, 2.45) is 16.5 Å². The first kappa shape index (κ1) is 13.8. The fourth-order valence-electron chi connectivity index (χ4n) is 1.34. The fourth-order valence-corrected chi connectivity index (χ4v) is 1.34. The van der Waals surface area contributed by atoms with Gasteiger partial charge in [0.15, 0.2) is 5.96 Å². The summed E-state index contributed by atoms with van der Waals surface area (Å²) in [4.78, 5) is 3.81. The van der Waals surface area contributed by atoms with Crippen LogP contribution in [0.25, 0.3) is 0 Å². The van der Waals surface area contributed by atoms with Crippen molar-refractivity contribution >= 4 is 13.1 Å². The van der Waals surface area contributed by atoms with Crippen LogP contribution in [0.15, 0.2) is 29.3 Å². The van der Waals surface area contributed by atoms with Gasteiger partial charge < -0.3 is 20.8 Å². The molecule has 1 heterocycles. The Bertz CT molecular complexity index is 355. The Balaban J connectivity index is 2.93. The Morgan fingerprint density at radius 1 is 1.18 bits per heavy atom. The predicted octanol–water partition coefficient (Wildman–Crippen LogP) is 0.961. The Kier molecular flexibility index (Phi) is 3.69. The van der Waals surface area contributed by atoms with Gasteiger partial charge >= 0.3 is 7.12 Å². The van der Waals surface area contributed by atoms with Gasteiger partial charge in [-0.25, -0.2) is 4.99 Å². The Morgan fingerprint density at radius 3 is 2.00 bits per heavy atom. The molecule has 0 aromatic carbocycles. The van der Waals surface area contributed by atoms with Crippen molar-refractivity contribution in [1.82, 2.24) is 0 Å². The second-order valence-electron chi connectivity index (χ2n) is 4.98. The third-order valence-electron chi connectivity index (χ3n) is 3.12. The second kappa shape index (κ2) is 4.54. The second-order valence-corrected chi connectivity index (χ2v) is 4.98. The fraction of sp³-hybridized carbons (Fsp3) is 0.545. The maximum absolute atomic E-state index is 5.84. The molecule has 0 unspecified atom stereocenters. The lowest BCUT2D eigenvalue weighted by molar-refractivity contribution is 0.00578. The third kappa shape index (κ3) is 2.89. The molecule has 0 aromatic rings. The minimum atomic E-state index is -0.499. The highest BCUT2D eigenvalue weighted by atomic mass is 16.7. The Labute approximate surface area is 103 Å². The van der Waals surface area contributed by atoms with E-state index in [4.69, 9.17) is 20.8 Å². The molecule has 4 N–H and O–H groups in total. The van der Waals surface area contributed by atoms with E-state index < -0.39 is 18.3 Å². The van der Waals surface area contributed by atoms with E-state index in [1.54, 1.807) is 6.08 Å². The van der Waals surface area contributed by atoms with Gasteiger partial charge in [0, 0.05) is 11.7 Å². The first-order valence-corrected chi connectivity index (χ1v) is 5.46. The van der Waals surface area contributed by atoms with E-state index in [1.165, 1.54) is 6.20 Å². The molecule has 17 heavy (non-hydrogen) atoms. The summed E-state index contributed by atoms with van der Waals surface area (Å²) in [5.41, 5.74) is 10.4. The molecule has 0 spiro atoms. The standard InChI is InChI=1S/C11H20BN3O2/c1-6-8(7-15-9(13)14)12-16-10(2,3)11(4,5)17-12/h6-7H,1H2,2-5H3,(H4,13,14,15)/b8-7+. The van der Waals surface area contributed by atoms with Gasteiger partial charge in [-0.15, -0.1) is 0 Å². The predicted molar refractivity (Wildman–Crippen MR) is 70.2 cm³/mol. The number of aliphatic imine (C=N–C) groups is 1. The molecule has 1 fully saturated rings. The summed E-state index contributed by atoms with van der Waals surface area (Å²) >= 11 is 0. The van der Waals surface area contributed by atoms with Gasteiger partial charge in [-0.1, -0.05) is 12.7 Å². The average molecular weight is 237 g/mol. The molecule has 0 aliphatic carbocycles. The maximum Gasteiger partial charge on any atom is 0.496 e. The van der Waals surface area contributed by atoms with Crippen molar-refractivity contribution in [2.75, 3.05) is 0 Å². The Morgan fingerprint density at radius 2 is 1.65 bits per heavy atom. The number of hydrogen-bond donors (Lipinski definition) is 2. The molecule has 0 bridgehead atoms. The van der Waals surface area contributed by atoms with Gasteiger partial charge in [0.2, 0.25) is 0 Å². The minimum Gasteiger partial charge on any atom is -0.399 e. The molecule has 0 aromatic heterocycles. The number of rotatable bonds is 3. The first-order chi connectivity index (χ1) is 7.69. The molecule has 94 valence electrons. The van der Waals surface area contributed by atoms with Crippen LogP contribution in [0.1, 0.15) is 27.7 Å². The average Bonchev–Trinajstić information content (AvgIpc) is 2.36. The highest BCUT2D eigenvalue weighted by Gasteiger charge is 2.51. The van der Waals surface area contributed by atoms with Crippen LogP contribution in [-0.2, 0) is 9.31 Å². The molecule has 0 atom stereocenters. The van der Waals surface area contributed by atoms with Crippen molar-refractivity contribution in [1.29, 1.82) is 0 Å². The van der Waals surface area contributed by atoms with Crippen molar-refractivity contribution in [3.05, 3.63) is 24.3 Å². The molecule has 1 rings (SSSR count). The van der Waals surface area contributed by atoms with E-state index in [2.05, 4.69) is 11.6 Å². The SMILES string of the molecule is C=C/C(=C\N=C(N)N)B1OC(C)(C)C(C)(C)O1. The van der Waals surface area contributed by atoms with Crippen molar-refractivity contribution in [2.45, 2.75) is 38.9 Å². The van der Waals surface area contributed by atoms with Gasteiger partial charge in [0.05, 0.1) is 11.2 Å². The van der Waals surface area contributed by atoms with Gasteiger partial charge in [-0.2, -0.15) is 0 Å². The van der Waals surface area contributed by atoms with Crippen LogP contribution in [0.3, 0.4) is 0 Å². The van der Waals surface area contributed by atoms with E-state index in [0.717, 1.165) is 0 Å². The molecular formula is C11H20BN3O2. The van der Waals surface area contributed by atoms with Gasteiger partial charge in [0.25, 0.3) is 0 Å². The normalized spacial score (nSPS) is 22.4. The van der Waals surface area contributed by atoms with Crippen molar-refractivity contribution < 1.29 is 9.31 Å². The molecular weight excluding hydrogens is 217 g/mol. The lowest BCUT2D eigenvalue weighted by Crippen LogP contribution is -2.41. The van der Waals surface area contributed by atoms with Crippen LogP contribution < -0.4 is 11.5 Å². The summed E-state index contributed by atoms with van der Waals surface area (Å²) in [6.45, 7) is 11.6. The molecule has 1 aliphatic heterocycles. The molecule has 0 radical (unpaired) electrons. The molecule has 0 amide bonds. The highest BCUT2D eigenvalue weighted by Crippen LogP contribution is 2.38. The molecule has 1 saturated heterocycles. The van der Waals surface area contributed by atoms with Crippen LogP contribution in [0.4, 0.5) is 0 Å². The van der Waals surface area contributed by atoms with E-state index in [0.29, 0.717) is 5.47 Å². The summed E-state index contributed by atoms with van der Waals surface area (Å²) in [6.07, 6.45) is 3.12. The largest absolute Gasteiger partial charge is 0.496 e. The van der Waals surface area contributed by atoms with Crippen molar-refractivity contribution in [3.8, 4) is 0 Å². The lowest BCUT2D eigenvalue weighted by atomic mass is 9.79. The first-order valence-electron chi connectivity index (χ1n) is 5.46. The van der Waals surface area contributed by atoms with E-state index in [1.807, 2.05) is 27.7 Å². The van der Waals surface area contributed by atoms with Crippen LogP contribution in [-0.4, -0.2) is 24.3 Å². The van der Waals surface area contributed by atoms with Crippen LogP contribution in [0.5, 0.6) is 0 Å². The summed E-state index contributed by atoms with van der Waals surface area (Å²) < 4.78 is 11.7. The summed E-state index contributed by atoms with van der Waals surface area (Å²) in [5, 5.41) is 0. The van der Waals surface area contributed by atoms with Crippen LogP contribution >= 0.6 is 0 Å². The molecule has 0 saturated carbocycles. The monoisotopic (exact) mass is 237 g/mol. The number of hydrogen-bond acceptors (Lipinski definition) is 3. The van der Waals surface area contributed by atoms with Crippen LogP contribution in [0.2, 0.25) is 0 Å². The topological polar surface area (TPSA) is 82.9 Å². The highest BCUT2D eigenvalue weighted by molar-refractivity contribution is 6.55. The number of nitrogens with two attached hydrogens (primary N) is 2. The number of guanidine groups is 1. The zero-order valence-corrected chi connectivity index (χ0v) is 10.9. The van der Waals surface area contributed by atoms with E-state index in [9.17, 15) is 0 Å².